The van der Waals surface area contributed by atoms with E-state index in [4.69, 9.17) is 21.6 Å². The number of sulfonamides is 1. The van der Waals surface area contributed by atoms with Crippen LogP contribution in [0.2, 0.25) is 5.02 Å². The van der Waals surface area contributed by atoms with Crippen molar-refractivity contribution < 1.29 is 17.9 Å². The molecule has 3 aromatic rings. The lowest BCUT2D eigenvalue weighted by Gasteiger charge is -2.16. The minimum Gasteiger partial charge on any atom is -0.494 e. The predicted molar refractivity (Wildman–Crippen MR) is 127 cm³/mol. The molecule has 33 heavy (non-hydrogen) atoms. The SMILES string of the molecule is CCOc1ccc(NS(=O)(=O)c2cc(C(=O)NC(C)c3ccc(C#N)cc3)ccc2Cl)cc1. The summed E-state index contributed by atoms with van der Waals surface area (Å²) in [6.45, 7) is 4.15. The van der Waals surface area contributed by atoms with Gasteiger partial charge in [-0.15, -0.1) is 0 Å². The number of ether oxygens (including phenoxy) is 1. The molecule has 0 aliphatic heterocycles. The molecular weight excluding hydrogens is 462 g/mol. The van der Waals surface area contributed by atoms with Crippen molar-refractivity contribution in [3.05, 3.63) is 88.4 Å². The Morgan fingerprint density at radius 1 is 1.09 bits per heavy atom. The van der Waals surface area contributed by atoms with E-state index in [2.05, 4.69) is 10.0 Å². The lowest BCUT2D eigenvalue weighted by atomic mass is 10.1. The van der Waals surface area contributed by atoms with E-state index in [1.807, 2.05) is 13.0 Å². The van der Waals surface area contributed by atoms with Crippen molar-refractivity contribution in [3.63, 3.8) is 0 Å². The third-order valence-corrected chi connectivity index (χ3v) is 6.65. The maximum absolute atomic E-state index is 12.9. The summed E-state index contributed by atoms with van der Waals surface area (Å²) >= 11 is 6.15. The minimum absolute atomic E-state index is 0.00914. The molecule has 0 aromatic heterocycles. The highest BCUT2D eigenvalue weighted by atomic mass is 35.5. The number of rotatable bonds is 8. The molecule has 1 amide bonds. The zero-order chi connectivity index (χ0) is 24.0. The minimum atomic E-state index is -4.05. The second-order valence-corrected chi connectivity index (χ2v) is 9.20. The summed E-state index contributed by atoms with van der Waals surface area (Å²) in [5.41, 5.74) is 1.80. The molecule has 0 aliphatic carbocycles. The van der Waals surface area contributed by atoms with Gasteiger partial charge in [-0.2, -0.15) is 5.26 Å². The number of hydrogen-bond donors (Lipinski definition) is 2. The highest BCUT2D eigenvalue weighted by Crippen LogP contribution is 2.26. The van der Waals surface area contributed by atoms with E-state index in [-0.39, 0.29) is 21.5 Å². The van der Waals surface area contributed by atoms with Crippen LogP contribution in [0.25, 0.3) is 0 Å². The van der Waals surface area contributed by atoms with Crippen LogP contribution in [-0.4, -0.2) is 20.9 Å². The summed E-state index contributed by atoms with van der Waals surface area (Å²) in [5.74, 6) is 0.162. The molecule has 0 fully saturated rings. The standard InChI is InChI=1S/C24H22ClN3O4S/c1-3-32-21-11-9-20(10-12-21)28-33(30,31)23-14-19(8-13-22(23)25)24(29)27-16(2)18-6-4-17(15-26)5-7-18/h4-14,16,28H,3H2,1-2H3,(H,27,29). The van der Waals surface area contributed by atoms with Gasteiger partial charge in [0.1, 0.15) is 10.6 Å². The molecule has 0 bridgehead atoms. The highest BCUT2D eigenvalue weighted by molar-refractivity contribution is 7.92. The van der Waals surface area contributed by atoms with E-state index in [1.165, 1.54) is 18.2 Å². The topological polar surface area (TPSA) is 108 Å². The molecule has 9 heteroatoms. The van der Waals surface area contributed by atoms with E-state index in [0.29, 0.717) is 23.6 Å². The average molecular weight is 484 g/mol. The zero-order valence-corrected chi connectivity index (χ0v) is 19.6. The molecule has 0 aliphatic rings. The van der Waals surface area contributed by atoms with Crippen molar-refractivity contribution in [1.29, 1.82) is 5.26 Å². The molecule has 3 aromatic carbocycles. The normalized spacial score (nSPS) is 11.8. The van der Waals surface area contributed by atoms with Crippen molar-refractivity contribution in [1.82, 2.24) is 5.32 Å². The van der Waals surface area contributed by atoms with Gasteiger partial charge in [0.15, 0.2) is 0 Å². The molecule has 0 spiro atoms. The van der Waals surface area contributed by atoms with E-state index in [1.54, 1.807) is 55.5 Å². The third-order valence-electron chi connectivity index (χ3n) is 4.79. The third kappa shape index (κ3) is 6.04. The van der Waals surface area contributed by atoms with Crippen LogP contribution < -0.4 is 14.8 Å². The predicted octanol–water partition coefficient (Wildman–Crippen LogP) is 4.90. The summed E-state index contributed by atoms with van der Waals surface area (Å²) in [7, 11) is -4.05. The highest BCUT2D eigenvalue weighted by Gasteiger charge is 2.21. The maximum atomic E-state index is 12.9. The Morgan fingerprint density at radius 2 is 1.76 bits per heavy atom. The quantitative estimate of drug-likeness (QED) is 0.473. The van der Waals surface area contributed by atoms with Gasteiger partial charge < -0.3 is 10.1 Å². The number of hydrogen-bond acceptors (Lipinski definition) is 5. The van der Waals surface area contributed by atoms with Crippen molar-refractivity contribution in [2.45, 2.75) is 24.8 Å². The first-order chi connectivity index (χ1) is 15.7. The van der Waals surface area contributed by atoms with Gasteiger partial charge in [0.05, 0.1) is 29.3 Å². The van der Waals surface area contributed by atoms with Crippen molar-refractivity contribution >= 4 is 33.2 Å². The number of carbonyl (C=O) groups excluding carboxylic acids is 1. The monoisotopic (exact) mass is 483 g/mol. The Balaban J connectivity index is 1.78. The summed E-state index contributed by atoms with van der Waals surface area (Å²) < 4.78 is 33.7. The van der Waals surface area contributed by atoms with Crippen LogP contribution in [0.3, 0.4) is 0 Å². The van der Waals surface area contributed by atoms with Gasteiger partial charge >= 0.3 is 0 Å². The Bertz CT molecular complexity index is 1280. The Labute approximate surface area is 198 Å². The van der Waals surface area contributed by atoms with Crippen LogP contribution >= 0.6 is 11.6 Å². The molecule has 7 nitrogen and oxygen atoms in total. The first kappa shape index (κ1) is 24.1. The van der Waals surface area contributed by atoms with E-state index in [9.17, 15) is 13.2 Å². The smallest absolute Gasteiger partial charge is 0.263 e. The van der Waals surface area contributed by atoms with E-state index in [0.717, 1.165) is 5.56 Å². The summed E-state index contributed by atoms with van der Waals surface area (Å²) in [6.07, 6.45) is 0. The number of amides is 1. The molecule has 0 saturated carbocycles. The first-order valence-electron chi connectivity index (χ1n) is 10.1. The largest absolute Gasteiger partial charge is 0.494 e. The van der Waals surface area contributed by atoms with E-state index >= 15 is 0 Å². The molecule has 170 valence electrons. The van der Waals surface area contributed by atoms with E-state index < -0.39 is 15.9 Å². The summed E-state index contributed by atoms with van der Waals surface area (Å²) in [5, 5.41) is 11.7. The summed E-state index contributed by atoms with van der Waals surface area (Å²) in [4.78, 5) is 12.6. The van der Waals surface area contributed by atoms with Gasteiger partial charge in [0.25, 0.3) is 15.9 Å². The fourth-order valence-corrected chi connectivity index (χ4v) is 4.64. The number of benzene rings is 3. The Kier molecular flexibility index (Phi) is 7.59. The van der Waals surface area contributed by atoms with Crippen LogP contribution in [0.5, 0.6) is 5.75 Å². The van der Waals surface area contributed by atoms with Gasteiger partial charge in [-0.3, -0.25) is 9.52 Å². The Hall–Kier alpha value is -3.54. The lowest BCUT2D eigenvalue weighted by molar-refractivity contribution is 0.0939. The number of halogens is 1. The maximum Gasteiger partial charge on any atom is 0.263 e. The van der Waals surface area contributed by atoms with Gasteiger partial charge in [0, 0.05) is 11.3 Å². The second kappa shape index (κ2) is 10.4. The van der Waals surface area contributed by atoms with Crippen molar-refractivity contribution in [2.75, 3.05) is 11.3 Å². The molecule has 0 heterocycles. The fraction of sp³-hybridized carbons (Fsp3) is 0.167. The number of anilines is 1. The molecule has 2 N–H and O–H groups in total. The average Bonchev–Trinajstić information content (AvgIpc) is 2.80. The molecule has 0 saturated heterocycles. The lowest BCUT2D eigenvalue weighted by Crippen LogP contribution is -2.27. The van der Waals surface area contributed by atoms with Crippen LogP contribution in [0, 0.1) is 11.3 Å². The zero-order valence-electron chi connectivity index (χ0n) is 18.0. The second-order valence-electron chi connectivity index (χ2n) is 7.14. The number of nitriles is 1. The van der Waals surface area contributed by atoms with Crippen LogP contribution in [0.4, 0.5) is 5.69 Å². The summed E-state index contributed by atoms with van der Waals surface area (Å²) in [6, 6.07) is 19.0. The molecule has 1 unspecified atom stereocenters. The van der Waals surface area contributed by atoms with Gasteiger partial charge in [-0.05, 0) is 74.0 Å². The van der Waals surface area contributed by atoms with Gasteiger partial charge in [-0.1, -0.05) is 23.7 Å². The number of nitrogens with zero attached hydrogens (tertiary/aromatic N) is 1. The van der Waals surface area contributed by atoms with Crippen molar-refractivity contribution in [2.24, 2.45) is 0 Å². The van der Waals surface area contributed by atoms with Crippen LogP contribution in [0.1, 0.15) is 41.4 Å². The van der Waals surface area contributed by atoms with Crippen LogP contribution in [0.15, 0.2) is 71.6 Å². The van der Waals surface area contributed by atoms with Gasteiger partial charge in [0.2, 0.25) is 0 Å². The number of carbonyl (C=O) groups is 1. The molecule has 3 rings (SSSR count). The van der Waals surface area contributed by atoms with Crippen molar-refractivity contribution in [3.8, 4) is 11.8 Å². The first-order valence-corrected chi connectivity index (χ1v) is 12.0. The van der Waals surface area contributed by atoms with Crippen LogP contribution in [-0.2, 0) is 10.0 Å². The molecule has 1 atom stereocenters. The Morgan fingerprint density at radius 3 is 2.36 bits per heavy atom. The fourth-order valence-electron chi connectivity index (χ4n) is 3.06. The molecular formula is C24H22ClN3O4S. The van der Waals surface area contributed by atoms with Gasteiger partial charge in [-0.25, -0.2) is 8.42 Å². The molecule has 0 radical (unpaired) electrons. The number of nitrogens with one attached hydrogen (secondary N) is 2.